The molecule has 0 saturated carbocycles. The zero-order valence-electron chi connectivity index (χ0n) is 13.3. The van der Waals surface area contributed by atoms with Crippen molar-refractivity contribution in [3.63, 3.8) is 0 Å². The molecular weight excluding hydrogens is 325 g/mol. The SMILES string of the molecule is CC(C)[C@H](NC(=O)c1cc2cc(C(F)(F)F)ccc2n1C)C(=O)O. The van der Waals surface area contributed by atoms with Crippen LogP contribution in [0.15, 0.2) is 24.3 Å². The highest BCUT2D eigenvalue weighted by Crippen LogP contribution is 2.32. The minimum atomic E-state index is -4.47. The molecule has 0 saturated heterocycles. The molecule has 5 nitrogen and oxygen atoms in total. The van der Waals surface area contributed by atoms with E-state index in [2.05, 4.69) is 5.32 Å². The zero-order chi connectivity index (χ0) is 18.2. The monoisotopic (exact) mass is 342 g/mol. The number of benzene rings is 1. The minimum Gasteiger partial charge on any atom is -0.480 e. The van der Waals surface area contributed by atoms with Crippen molar-refractivity contribution in [1.82, 2.24) is 9.88 Å². The summed E-state index contributed by atoms with van der Waals surface area (Å²) in [6, 6.07) is 3.42. The van der Waals surface area contributed by atoms with Crippen molar-refractivity contribution in [3.05, 3.63) is 35.5 Å². The van der Waals surface area contributed by atoms with Crippen molar-refractivity contribution in [3.8, 4) is 0 Å². The topological polar surface area (TPSA) is 71.3 Å². The molecule has 2 N–H and O–H groups in total. The van der Waals surface area contributed by atoms with Crippen LogP contribution in [-0.4, -0.2) is 27.6 Å². The Bertz CT molecular complexity index is 794. The Balaban J connectivity index is 2.40. The Hall–Kier alpha value is -2.51. The summed E-state index contributed by atoms with van der Waals surface area (Å²) in [6.45, 7) is 3.30. The van der Waals surface area contributed by atoms with Gasteiger partial charge in [0, 0.05) is 18.0 Å². The number of hydrogen-bond acceptors (Lipinski definition) is 2. The van der Waals surface area contributed by atoms with Crippen molar-refractivity contribution in [2.24, 2.45) is 13.0 Å². The van der Waals surface area contributed by atoms with Gasteiger partial charge in [-0.15, -0.1) is 0 Å². The molecule has 1 aromatic heterocycles. The first-order valence-electron chi connectivity index (χ1n) is 7.22. The summed E-state index contributed by atoms with van der Waals surface area (Å²) >= 11 is 0. The summed E-state index contributed by atoms with van der Waals surface area (Å²) in [5.41, 5.74) is -0.265. The third-order valence-corrected chi connectivity index (χ3v) is 3.82. The van der Waals surface area contributed by atoms with Gasteiger partial charge in [0.1, 0.15) is 11.7 Å². The number of carboxylic acids is 1. The third-order valence-electron chi connectivity index (χ3n) is 3.82. The summed E-state index contributed by atoms with van der Waals surface area (Å²) < 4.78 is 39.8. The Morgan fingerprint density at radius 1 is 1.21 bits per heavy atom. The molecule has 1 amide bonds. The fourth-order valence-corrected chi connectivity index (χ4v) is 2.47. The van der Waals surface area contributed by atoms with Crippen LogP contribution >= 0.6 is 0 Å². The number of alkyl halides is 3. The standard InChI is InChI=1S/C16H17F3N2O3/c1-8(2)13(15(23)24)20-14(22)12-7-9-6-10(16(17,18)19)4-5-11(9)21(12)3/h4-8,13H,1-3H3,(H,20,22)(H,23,24)/t13-/m0/s1. The van der Waals surface area contributed by atoms with Crippen LogP contribution in [0.3, 0.4) is 0 Å². The number of carbonyl (C=O) groups is 2. The number of nitrogens with zero attached hydrogens (tertiary/aromatic N) is 1. The maximum Gasteiger partial charge on any atom is 0.416 e. The molecule has 1 atom stereocenters. The molecule has 0 aliphatic carbocycles. The average molecular weight is 342 g/mol. The number of aliphatic carboxylic acids is 1. The number of aryl methyl sites for hydroxylation is 1. The minimum absolute atomic E-state index is 0.0937. The molecule has 1 heterocycles. The van der Waals surface area contributed by atoms with Gasteiger partial charge in [-0.2, -0.15) is 13.2 Å². The molecule has 0 bridgehead atoms. The van der Waals surface area contributed by atoms with E-state index in [-0.39, 0.29) is 17.0 Å². The fourth-order valence-electron chi connectivity index (χ4n) is 2.47. The first-order chi connectivity index (χ1) is 11.0. The summed E-state index contributed by atoms with van der Waals surface area (Å²) in [7, 11) is 1.54. The first-order valence-corrected chi connectivity index (χ1v) is 7.22. The molecule has 2 aromatic rings. The summed E-state index contributed by atoms with van der Waals surface area (Å²) in [5.74, 6) is -2.15. The Morgan fingerprint density at radius 3 is 2.33 bits per heavy atom. The van der Waals surface area contributed by atoms with Crippen molar-refractivity contribution < 1.29 is 27.9 Å². The van der Waals surface area contributed by atoms with Crippen molar-refractivity contribution in [1.29, 1.82) is 0 Å². The normalized spacial score (nSPS) is 13.3. The van der Waals surface area contributed by atoms with E-state index < -0.39 is 29.7 Å². The van der Waals surface area contributed by atoms with Crippen LogP contribution in [0.4, 0.5) is 13.2 Å². The molecule has 0 radical (unpaired) electrons. The van der Waals surface area contributed by atoms with E-state index >= 15 is 0 Å². The lowest BCUT2D eigenvalue weighted by molar-refractivity contribution is -0.140. The second-order valence-electron chi connectivity index (χ2n) is 5.89. The molecule has 24 heavy (non-hydrogen) atoms. The molecule has 8 heteroatoms. The van der Waals surface area contributed by atoms with E-state index in [1.54, 1.807) is 13.8 Å². The van der Waals surface area contributed by atoms with Crippen LogP contribution in [-0.2, 0) is 18.0 Å². The second kappa shape index (κ2) is 6.18. The predicted molar refractivity (Wildman–Crippen MR) is 81.6 cm³/mol. The summed E-state index contributed by atoms with van der Waals surface area (Å²) in [5, 5.41) is 11.8. The van der Waals surface area contributed by atoms with E-state index in [1.165, 1.54) is 23.7 Å². The largest absolute Gasteiger partial charge is 0.480 e. The highest BCUT2D eigenvalue weighted by atomic mass is 19.4. The lowest BCUT2D eigenvalue weighted by Crippen LogP contribution is -2.44. The fraction of sp³-hybridized carbons (Fsp3) is 0.375. The smallest absolute Gasteiger partial charge is 0.416 e. The number of carbonyl (C=O) groups excluding carboxylic acids is 1. The van der Waals surface area contributed by atoms with Gasteiger partial charge in [-0.25, -0.2) is 4.79 Å². The quantitative estimate of drug-likeness (QED) is 0.897. The van der Waals surface area contributed by atoms with Gasteiger partial charge < -0.3 is 15.0 Å². The average Bonchev–Trinajstić information content (AvgIpc) is 2.79. The lowest BCUT2D eigenvalue weighted by Gasteiger charge is -2.18. The van der Waals surface area contributed by atoms with Gasteiger partial charge in [-0.1, -0.05) is 13.8 Å². The van der Waals surface area contributed by atoms with Crippen molar-refractivity contribution in [2.75, 3.05) is 0 Å². The first kappa shape index (κ1) is 17.8. The highest BCUT2D eigenvalue weighted by Gasteiger charge is 2.31. The Morgan fingerprint density at radius 2 is 1.83 bits per heavy atom. The molecule has 2 rings (SSSR count). The molecular formula is C16H17F3N2O3. The molecule has 0 spiro atoms. The van der Waals surface area contributed by atoms with E-state index in [1.807, 2.05) is 0 Å². The number of carboxylic acid groups (broad SMARTS) is 1. The van der Waals surface area contributed by atoms with Gasteiger partial charge in [-0.05, 0) is 30.2 Å². The number of fused-ring (bicyclic) bond motifs is 1. The van der Waals surface area contributed by atoms with Gasteiger partial charge in [0.05, 0.1) is 5.56 Å². The van der Waals surface area contributed by atoms with Gasteiger partial charge in [0.2, 0.25) is 0 Å². The zero-order valence-corrected chi connectivity index (χ0v) is 13.3. The van der Waals surface area contributed by atoms with Gasteiger partial charge >= 0.3 is 12.1 Å². The van der Waals surface area contributed by atoms with Crippen LogP contribution in [0.25, 0.3) is 10.9 Å². The number of aromatic nitrogens is 1. The molecule has 0 unspecified atom stereocenters. The van der Waals surface area contributed by atoms with Crippen LogP contribution in [0.5, 0.6) is 0 Å². The van der Waals surface area contributed by atoms with Crippen molar-refractivity contribution in [2.45, 2.75) is 26.1 Å². The second-order valence-corrected chi connectivity index (χ2v) is 5.89. The van der Waals surface area contributed by atoms with E-state index in [0.29, 0.717) is 5.52 Å². The number of halogens is 3. The Labute approximate surface area is 136 Å². The van der Waals surface area contributed by atoms with Crippen LogP contribution < -0.4 is 5.32 Å². The van der Waals surface area contributed by atoms with E-state index in [0.717, 1.165) is 12.1 Å². The molecule has 1 aromatic carbocycles. The number of nitrogens with one attached hydrogen (secondary N) is 1. The molecule has 0 aliphatic heterocycles. The number of rotatable bonds is 4. The predicted octanol–water partition coefficient (Wildman–Crippen LogP) is 3.04. The lowest BCUT2D eigenvalue weighted by atomic mass is 10.0. The maximum absolute atomic E-state index is 12.8. The van der Waals surface area contributed by atoms with Gasteiger partial charge in [0.15, 0.2) is 0 Å². The van der Waals surface area contributed by atoms with Gasteiger partial charge in [0.25, 0.3) is 5.91 Å². The highest BCUT2D eigenvalue weighted by molar-refractivity contribution is 6.00. The van der Waals surface area contributed by atoms with E-state index in [9.17, 15) is 22.8 Å². The Kier molecular flexibility index (Phi) is 4.59. The molecule has 0 aliphatic rings. The molecule has 0 fully saturated rings. The van der Waals surface area contributed by atoms with E-state index in [4.69, 9.17) is 5.11 Å². The molecule has 130 valence electrons. The summed E-state index contributed by atoms with van der Waals surface area (Å²) in [6.07, 6.45) is -4.47. The van der Waals surface area contributed by atoms with Crippen molar-refractivity contribution >= 4 is 22.8 Å². The van der Waals surface area contributed by atoms with Crippen LogP contribution in [0.1, 0.15) is 29.9 Å². The van der Waals surface area contributed by atoms with Crippen LogP contribution in [0.2, 0.25) is 0 Å². The summed E-state index contributed by atoms with van der Waals surface area (Å²) in [4.78, 5) is 23.5. The van der Waals surface area contributed by atoms with Gasteiger partial charge in [-0.3, -0.25) is 4.79 Å². The maximum atomic E-state index is 12.8. The number of amides is 1. The number of hydrogen-bond donors (Lipinski definition) is 2. The third kappa shape index (κ3) is 3.37. The van der Waals surface area contributed by atoms with Crippen LogP contribution in [0, 0.1) is 5.92 Å².